The molecule has 1 saturated heterocycles. The molecule has 0 bridgehead atoms. The average molecular weight is 256 g/mol. The van der Waals surface area contributed by atoms with E-state index in [0.29, 0.717) is 12.8 Å². The summed E-state index contributed by atoms with van der Waals surface area (Å²) < 4.78 is 0. The molecule has 0 aromatic heterocycles. The van der Waals surface area contributed by atoms with E-state index in [4.69, 9.17) is 10.8 Å². The van der Waals surface area contributed by atoms with Crippen LogP contribution in [0.4, 0.5) is 0 Å². The Balaban J connectivity index is 2.57. The lowest BCUT2D eigenvalue weighted by Crippen LogP contribution is -2.50. The highest BCUT2D eigenvalue weighted by molar-refractivity contribution is 5.82. The van der Waals surface area contributed by atoms with E-state index in [9.17, 15) is 9.59 Å². The van der Waals surface area contributed by atoms with E-state index in [1.165, 1.54) is 0 Å². The van der Waals surface area contributed by atoms with Gasteiger partial charge in [-0.2, -0.15) is 0 Å². The molecule has 1 heterocycles. The normalized spacial score (nSPS) is 21.7. The monoisotopic (exact) mass is 256 g/mol. The van der Waals surface area contributed by atoms with Gasteiger partial charge in [0.1, 0.15) is 0 Å². The van der Waals surface area contributed by atoms with E-state index in [0.717, 1.165) is 32.2 Å². The Labute approximate surface area is 108 Å². The molecule has 1 amide bonds. The van der Waals surface area contributed by atoms with Gasteiger partial charge < -0.3 is 15.7 Å². The molecule has 1 rings (SSSR count). The van der Waals surface area contributed by atoms with Crippen molar-refractivity contribution in [3.05, 3.63) is 0 Å². The third-order valence-electron chi connectivity index (χ3n) is 3.52. The van der Waals surface area contributed by atoms with Crippen LogP contribution < -0.4 is 5.73 Å². The number of hydrogen-bond acceptors (Lipinski definition) is 3. The van der Waals surface area contributed by atoms with Crippen molar-refractivity contribution in [1.82, 2.24) is 4.90 Å². The van der Waals surface area contributed by atoms with Crippen LogP contribution in [0.5, 0.6) is 0 Å². The maximum atomic E-state index is 12.2. The highest BCUT2D eigenvalue weighted by Gasteiger charge is 2.29. The number of aliphatic carboxylic acids is 1. The predicted molar refractivity (Wildman–Crippen MR) is 69.1 cm³/mol. The molecule has 1 unspecified atom stereocenters. The number of carbonyl (C=O) groups is 2. The van der Waals surface area contributed by atoms with E-state index in [-0.39, 0.29) is 18.4 Å². The van der Waals surface area contributed by atoms with Crippen molar-refractivity contribution in [3.63, 3.8) is 0 Å². The summed E-state index contributed by atoms with van der Waals surface area (Å²) in [6, 6.07) is -0.370. The molecule has 18 heavy (non-hydrogen) atoms. The minimum Gasteiger partial charge on any atom is -0.481 e. The van der Waals surface area contributed by atoms with Crippen LogP contribution in [-0.4, -0.2) is 40.5 Å². The third-order valence-corrected chi connectivity index (χ3v) is 3.52. The van der Waals surface area contributed by atoms with Crippen LogP contribution in [0.25, 0.3) is 0 Å². The quantitative estimate of drug-likeness (QED) is 0.751. The van der Waals surface area contributed by atoms with Crippen LogP contribution in [-0.2, 0) is 9.59 Å². The number of hydrogen-bond donors (Lipinski definition) is 2. The fraction of sp³-hybridized carbons (Fsp3) is 0.846. The molecule has 5 heteroatoms. The zero-order chi connectivity index (χ0) is 13.5. The minimum atomic E-state index is -0.800. The van der Waals surface area contributed by atoms with Gasteiger partial charge in [0, 0.05) is 19.0 Å². The van der Waals surface area contributed by atoms with Gasteiger partial charge in [-0.25, -0.2) is 0 Å². The highest BCUT2D eigenvalue weighted by atomic mass is 16.4. The second-order valence-electron chi connectivity index (χ2n) is 5.01. The summed E-state index contributed by atoms with van der Waals surface area (Å²) in [5, 5.41) is 8.73. The summed E-state index contributed by atoms with van der Waals surface area (Å²) in [4.78, 5) is 24.6. The van der Waals surface area contributed by atoms with Gasteiger partial charge in [-0.1, -0.05) is 13.3 Å². The van der Waals surface area contributed by atoms with Crippen LogP contribution in [0.3, 0.4) is 0 Å². The Morgan fingerprint density at radius 1 is 1.44 bits per heavy atom. The van der Waals surface area contributed by atoms with E-state index in [2.05, 4.69) is 0 Å². The topological polar surface area (TPSA) is 83.6 Å². The summed E-state index contributed by atoms with van der Waals surface area (Å²) in [7, 11) is 0. The van der Waals surface area contributed by atoms with Crippen molar-refractivity contribution in [1.29, 1.82) is 0 Å². The van der Waals surface area contributed by atoms with Crippen molar-refractivity contribution in [2.24, 2.45) is 5.73 Å². The van der Waals surface area contributed by atoms with Crippen LogP contribution in [0.2, 0.25) is 0 Å². The summed E-state index contributed by atoms with van der Waals surface area (Å²) in [6.45, 7) is 2.73. The lowest BCUT2D eigenvalue weighted by atomic mass is 9.96. The first-order valence-corrected chi connectivity index (χ1v) is 6.84. The number of likely N-dealkylation sites (tertiary alicyclic amines) is 1. The molecule has 1 fully saturated rings. The molecule has 0 aromatic rings. The molecule has 0 aliphatic carbocycles. The van der Waals surface area contributed by atoms with Crippen molar-refractivity contribution >= 4 is 11.9 Å². The number of piperidine rings is 1. The number of carboxylic acid groups (broad SMARTS) is 1. The van der Waals surface area contributed by atoms with E-state index in [1.807, 2.05) is 11.8 Å². The zero-order valence-electron chi connectivity index (χ0n) is 11.1. The molecule has 104 valence electrons. The molecule has 2 atom stereocenters. The Morgan fingerprint density at radius 2 is 2.17 bits per heavy atom. The van der Waals surface area contributed by atoms with Gasteiger partial charge in [0.25, 0.3) is 0 Å². The SMILES string of the molecule is CCC[C@@H](N)C(=O)N1CCCCC1CCC(=O)O. The van der Waals surface area contributed by atoms with Gasteiger partial charge in [0.05, 0.1) is 6.04 Å². The highest BCUT2D eigenvalue weighted by Crippen LogP contribution is 2.22. The smallest absolute Gasteiger partial charge is 0.303 e. The Kier molecular flexibility index (Phi) is 6.12. The van der Waals surface area contributed by atoms with E-state index < -0.39 is 12.0 Å². The van der Waals surface area contributed by atoms with Gasteiger partial charge in [-0.3, -0.25) is 9.59 Å². The van der Waals surface area contributed by atoms with Crippen LogP contribution in [0.1, 0.15) is 51.9 Å². The standard InChI is InChI=1S/C13H24N2O3/c1-2-5-11(14)13(18)15-9-4-3-6-10(15)7-8-12(16)17/h10-11H,2-9,14H2,1H3,(H,16,17)/t10?,11-/m1/s1. The van der Waals surface area contributed by atoms with E-state index in [1.54, 1.807) is 0 Å². The Bertz CT molecular complexity index is 294. The molecule has 0 radical (unpaired) electrons. The summed E-state index contributed by atoms with van der Waals surface area (Å²) in [6.07, 6.45) is 5.21. The van der Waals surface area contributed by atoms with Crippen LogP contribution >= 0.6 is 0 Å². The maximum Gasteiger partial charge on any atom is 0.303 e. The Hall–Kier alpha value is -1.10. The lowest BCUT2D eigenvalue weighted by Gasteiger charge is -2.37. The van der Waals surface area contributed by atoms with Gasteiger partial charge in [0.15, 0.2) is 0 Å². The van der Waals surface area contributed by atoms with Crippen LogP contribution in [0, 0.1) is 0 Å². The van der Waals surface area contributed by atoms with Crippen LogP contribution in [0.15, 0.2) is 0 Å². The molecular weight excluding hydrogens is 232 g/mol. The van der Waals surface area contributed by atoms with Gasteiger partial charge in [-0.05, 0) is 32.1 Å². The number of carbonyl (C=O) groups excluding carboxylic acids is 1. The van der Waals surface area contributed by atoms with Gasteiger partial charge in [0.2, 0.25) is 5.91 Å². The molecule has 1 aliphatic rings. The summed E-state index contributed by atoms with van der Waals surface area (Å²) >= 11 is 0. The first-order valence-electron chi connectivity index (χ1n) is 6.84. The lowest BCUT2D eigenvalue weighted by molar-refractivity contribution is -0.140. The van der Waals surface area contributed by atoms with Crippen molar-refractivity contribution in [2.75, 3.05) is 6.54 Å². The predicted octanol–water partition coefficient (Wildman–Crippen LogP) is 1.36. The molecule has 3 N–H and O–H groups in total. The van der Waals surface area contributed by atoms with Crippen molar-refractivity contribution in [2.45, 2.75) is 64.0 Å². The number of carboxylic acids is 1. The maximum absolute atomic E-state index is 12.2. The average Bonchev–Trinajstić information content (AvgIpc) is 2.36. The third kappa shape index (κ3) is 4.29. The molecule has 0 saturated carbocycles. The fourth-order valence-corrected chi connectivity index (χ4v) is 2.53. The second-order valence-corrected chi connectivity index (χ2v) is 5.01. The number of nitrogens with two attached hydrogens (primary N) is 1. The molecule has 0 spiro atoms. The Morgan fingerprint density at radius 3 is 2.78 bits per heavy atom. The second kappa shape index (κ2) is 7.36. The van der Waals surface area contributed by atoms with Gasteiger partial charge >= 0.3 is 5.97 Å². The number of nitrogens with zero attached hydrogens (tertiary/aromatic N) is 1. The molecule has 1 aliphatic heterocycles. The first-order chi connectivity index (χ1) is 8.56. The van der Waals surface area contributed by atoms with Crippen molar-refractivity contribution < 1.29 is 14.7 Å². The summed E-state index contributed by atoms with van der Waals surface area (Å²) in [5.74, 6) is -0.808. The minimum absolute atomic E-state index is 0.00746. The number of rotatable bonds is 6. The number of amides is 1. The van der Waals surface area contributed by atoms with Gasteiger partial charge in [-0.15, -0.1) is 0 Å². The first kappa shape index (κ1) is 15.0. The largest absolute Gasteiger partial charge is 0.481 e. The zero-order valence-corrected chi connectivity index (χ0v) is 11.1. The molecule has 5 nitrogen and oxygen atoms in total. The summed E-state index contributed by atoms with van der Waals surface area (Å²) in [5.41, 5.74) is 5.87. The fourth-order valence-electron chi connectivity index (χ4n) is 2.53. The van der Waals surface area contributed by atoms with E-state index >= 15 is 0 Å². The van der Waals surface area contributed by atoms with Crippen molar-refractivity contribution in [3.8, 4) is 0 Å². The molecular formula is C13H24N2O3. The molecule has 0 aromatic carbocycles.